The first-order chi connectivity index (χ1) is 6.24. The molecule has 0 heterocycles. The predicted molar refractivity (Wildman–Crippen MR) is 48.0 cm³/mol. The number of aliphatic hydroxyl groups is 1. The van der Waals surface area contributed by atoms with Crippen molar-refractivity contribution in [2.75, 3.05) is 6.61 Å². The number of carbonyl (C=O) groups excluding carboxylic acids is 1. The van der Waals surface area contributed by atoms with E-state index >= 15 is 0 Å². The van der Waals surface area contributed by atoms with Crippen LogP contribution in [0.2, 0.25) is 0 Å². The molecule has 3 N–H and O–H groups in total. The van der Waals surface area contributed by atoms with Crippen LogP contribution in [0.4, 0.5) is 0 Å². The summed E-state index contributed by atoms with van der Waals surface area (Å²) in [5.74, 6) is -0.374. The smallest absolute Gasteiger partial charge is 0.323 e. The van der Waals surface area contributed by atoms with Crippen LogP contribution in [0, 0.1) is 0 Å². The standard InChI is InChI=1S/C9H17NO3/c10-8(5-6-11)9(12)13-7-3-1-2-4-7/h7-8,11H,1-6,10H2/t8-/m0/s1. The van der Waals surface area contributed by atoms with Crippen LogP contribution in [0.25, 0.3) is 0 Å². The van der Waals surface area contributed by atoms with Gasteiger partial charge in [0.25, 0.3) is 0 Å². The number of ether oxygens (including phenoxy) is 1. The van der Waals surface area contributed by atoms with Gasteiger partial charge in [-0.15, -0.1) is 0 Å². The Balaban J connectivity index is 2.22. The van der Waals surface area contributed by atoms with Gasteiger partial charge in [-0.05, 0) is 32.1 Å². The normalized spacial score (nSPS) is 20.2. The van der Waals surface area contributed by atoms with E-state index in [-0.39, 0.29) is 25.1 Å². The molecule has 1 aliphatic rings. The van der Waals surface area contributed by atoms with Crippen molar-refractivity contribution in [3.05, 3.63) is 0 Å². The van der Waals surface area contributed by atoms with Crippen molar-refractivity contribution in [3.63, 3.8) is 0 Å². The summed E-state index contributed by atoms with van der Waals surface area (Å²) < 4.78 is 5.15. The summed E-state index contributed by atoms with van der Waals surface area (Å²) in [5, 5.41) is 8.56. The Morgan fingerprint density at radius 2 is 2.15 bits per heavy atom. The van der Waals surface area contributed by atoms with E-state index in [0.29, 0.717) is 0 Å². The van der Waals surface area contributed by atoms with Crippen molar-refractivity contribution < 1.29 is 14.6 Å². The Hall–Kier alpha value is -0.610. The Labute approximate surface area is 78.1 Å². The number of rotatable bonds is 4. The highest BCUT2D eigenvalue weighted by Gasteiger charge is 2.22. The summed E-state index contributed by atoms with van der Waals surface area (Å²) in [5.41, 5.74) is 5.47. The summed E-state index contributed by atoms with van der Waals surface area (Å²) in [6.07, 6.45) is 4.53. The zero-order valence-corrected chi connectivity index (χ0v) is 7.74. The van der Waals surface area contributed by atoms with E-state index in [1.807, 2.05) is 0 Å². The van der Waals surface area contributed by atoms with Gasteiger partial charge in [-0.3, -0.25) is 4.79 Å². The molecule has 1 atom stereocenters. The van der Waals surface area contributed by atoms with Gasteiger partial charge in [0.15, 0.2) is 0 Å². The first kappa shape index (κ1) is 10.5. The second-order valence-electron chi connectivity index (χ2n) is 3.46. The van der Waals surface area contributed by atoms with Crippen molar-refractivity contribution in [2.24, 2.45) is 5.73 Å². The molecule has 1 rings (SSSR count). The number of esters is 1. The third-order valence-electron chi connectivity index (χ3n) is 2.33. The van der Waals surface area contributed by atoms with Crippen LogP contribution >= 0.6 is 0 Å². The van der Waals surface area contributed by atoms with Crippen LogP contribution < -0.4 is 5.73 Å². The van der Waals surface area contributed by atoms with Crippen LogP contribution in [-0.4, -0.2) is 29.8 Å². The second kappa shape index (κ2) is 5.19. The average molecular weight is 187 g/mol. The number of nitrogens with two attached hydrogens (primary N) is 1. The molecule has 0 spiro atoms. The predicted octanol–water partition coefficient (Wildman–Crippen LogP) is 0.182. The van der Waals surface area contributed by atoms with Crippen molar-refractivity contribution in [1.29, 1.82) is 0 Å². The molecule has 4 heteroatoms. The number of hydrogen-bond donors (Lipinski definition) is 2. The monoisotopic (exact) mass is 187 g/mol. The Kier molecular flexibility index (Phi) is 4.18. The van der Waals surface area contributed by atoms with Crippen molar-refractivity contribution >= 4 is 5.97 Å². The highest BCUT2D eigenvalue weighted by atomic mass is 16.5. The molecular weight excluding hydrogens is 170 g/mol. The lowest BCUT2D eigenvalue weighted by Crippen LogP contribution is -2.35. The molecule has 1 aliphatic carbocycles. The average Bonchev–Trinajstić information content (AvgIpc) is 2.57. The lowest BCUT2D eigenvalue weighted by molar-refractivity contribution is -0.150. The largest absolute Gasteiger partial charge is 0.461 e. The molecule has 0 amide bonds. The Bertz CT molecular complexity index is 166. The number of aliphatic hydroxyl groups excluding tert-OH is 1. The molecule has 13 heavy (non-hydrogen) atoms. The molecule has 0 aromatic heterocycles. The first-order valence-electron chi connectivity index (χ1n) is 4.81. The Morgan fingerprint density at radius 1 is 1.54 bits per heavy atom. The minimum Gasteiger partial charge on any atom is -0.461 e. The molecule has 0 radical (unpaired) electrons. The number of carbonyl (C=O) groups is 1. The molecule has 0 aromatic carbocycles. The van der Waals surface area contributed by atoms with Gasteiger partial charge in [0.05, 0.1) is 0 Å². The molecule has 0 saturated heterocycles. The van der Waals surface area contributed by atoms with Crippen molar-refractivity contribution in [3.8, 4) is 0 Å². The molecule has 1 fully saturated rings. The lowest BCUT2D eigenvalue weighted by atomic mass is 10.2. The summed E-state index contributed by atoms with van der Waals surface area (Å²) in [4.78, 5) is 11.2. The highest BCUT2D eigenvalue weighted by molar-refractivity contribution is 5.75. The minimum absolute atomic E-state index is 0.0669. The zero-order chi connectivity index (χ0) is 9.68. The fourth-order valence-corrected chi connectivity index (χ4v) is 1.51. The van der Waals surface area contributed by atoms with Crippen LogP contribution in [-0.2, 0) is 9.53 Å². The van der Waals surface area contributed by atoms with Gasteiger partial charge in [-0.2, -0.15) is 0 Å². The molecular formula is C9H17NO3. The molecule has 76 valence electrons. The van der Waals surface area contributed by atoms with E-state index in [2.05, 4.69) is 0 Å². The number of hydrogen-bond acceptors (Lipinski definition) is 4. The fourth-order valence-electron chi connectivity index (χ4n) is 1.51. The summed E-state index contributed by atoms with van der Waals surface area (Å²) in [6.45, 7) is -0.0685. The van der Waals surface area contributed by atoms with Gasteiger partial charge in [0.1, 0.15) is 12.1 Å². The van der Waals surface area contributed by atoms with Crippen LogP contribution in [0.5, 0.6) is 0 Å². The molecule has 0 aromatic rings. The van der Waals surface area contributed by atoms with E-state index in [9.17, 15) is 4.79 Å². The molecule has 0 aliphatic heterocycles. The third kappa shape index (κ3) is 3.32. The molecule has 0 bridgehead atoms. The topological polar surface area (TPSA) is 72.5 Å². The van der Waals surface area contributed by atoms with Gasteiger partial charge < -0.3 is 15.6 Å². The second-order valence-corrected chi connectivity index (χ2v) is 3.46. The van der Waals surface area contributed by atoms with Crippen molar-refractivity contribution in [1.82, 2.24) is 0 Å². The quantitative estimate of drug-likeness (QED) is 0.616. The maximum absolute atomic E-state index is 11.2. The van der Waals surface area contributed by atoms with Gasteiger partial charge in [0, 0.05) is 6.61 Å². The molecule has 4 nitrogen and oxygen atoms in total. The summed E-state index contributed by atoms with van der Waals surface area (Å²) in [7, 11) is 0. The Morgan fingerprint density at radius 3 is 2.69 bits per heavy atom. The van der Waals surface area contributed by atoms with E-state index < -0.39 is 6.04 Å². The SMILES string of the molecule is N[C@@H](CCO)C(=O)OC1CCCC1. The highest BCUT2D eigenvalue weighted by Crippen LogP contribution is 2.21. The third-order valence-corrected chi connectivity index (χ3v) is 2.33. The summed E-state index contributed by atoms with van der Waals surface area (Å²) >= 11 is 0. The lowest BCUT2D eigenvalue weighted by Gasteiger charge is -2.14. The van der Waals surface area contributed by atoms with Gasteiger partial charge in [0.2, 0.25) is 0 Å². The van der Waals surface area contributed by atoms with Gasteiger partial charge in [-0.25, -0.2) is 0 Å². The summed E-state index contributed by atoms with van der Waals surface area (Å²) in [6, 6.07) is -0.661. The van der Waals surface area contributed by atoms with Gasteiger partial charge >= 0.3 is 5.97 Å². The molecule has 0 unspecified atom stereocenters. The maximum atomic E-state index is 11.2. The van der Waals surface area contributed by atoms with E-state index in [4.69, 9.17) is 15.6 Å². The van der Waals surface area contributed by atoms with Gasteiger partial charge in [-0.1, -0.05) is 0 Å². The van der Waals surface area contributed by atoms with E-state index in [1.165, 1.54) is 0 Å². The fraction of sp³-hybridized carbons (Fsp3) is 0.889. The van der Waals surface area contributed by atoms with Crippen LogP contribution in [0.3, 0.4) is 0 Å². The molecule has 1 saturated carbocycles. The first-order valence-corrected chi connectivity index (χ1v) is 4.81. The van der Waals surface area contributed by atoms with E-state index in [0.717, 1.165) is 25.7 Å². The van der Waals surface area contributed by atoms with Crippen molar-refractivity contribution in [2.45, 2.75) is 44.2 Å². The maximum Gasteiger partial charge on any atom is 0.323 e. The minimum atomic E-state index is -0.661. The van der Waals surface area contributed by atoms with Crippen LogP contribution in [0.15, 0.2) is 0 Å². The van der Waals surface area contributed by atoms with Crippen LogP contribution in [0.1, 0.15) is 32.1 Å². The van der Waals surface area contributed by atoms with E-state index in [1.54, 1.807) is 0 Å². The zero-order valence-electron chi connectivity index (χ0n) is 7.74.